The van der Waals surface area contributed by atoms with Crippen LogP contribution in [0.3, 0.4) is 0 Å². The van der Waals surface area contributed by atoms with Gasteiger partial charge in [-0.15, -0.1) is 0 Å². The van der Waals surface area contributed by atoms with Crippen molar-refractivity contribution in [3.63, 3.8) is 0 Å². The van der Waals surface area contributed by atoms with Gasteiger partial charge < -0.3 is 16.0 Å². The van der Waals surface area contributed by atoms with Crippen LogP contribution in [0.1, 0.15) is 22.3 Å². The van der Waals surface area contributed by atoms with E-state index in [1.165, 1.54) is 0 Å². The van der Waals surface area contributed by atoms with Crippen LogP contribution in [-0.2, 0) is 9.59 Å². The molecule has 1 saturated heterocycles. The molecule has 3 rings (SSSR count). The minimum Gasteiger partial charge on any atom is -0.366 e. The Morgan fingerprint density at radius 2 is 1.96 bits per heavy atom. The highest BCUT2D eigenvalue weighted by Gasteiger charge is 2.34. The summed E-state index contributed by atoms with van der Waals surface area (Å²) in [5, 5.41) is 2.75. The standard InChI is InChI=1S/C21H18BrN3O3/c22-17-4-1-5-18(12-17)25-13-16(11-19(25)26)21(28)24-10-2-3-14-6-8-15(9-7-14)20(23)27/h1,4-9,12,16H,10-11,13H2,(H2,23,27)(H,24,28). The normalized spacial score (nSPS) is 15.7. The quantitative estimate of drug-likeness (QED) is 0.714. The Morgan fingerprint density at radius 3 is 2.64 bits per heavy atom. The predicted molar refractivity (Wildman–Crippen MR) is 109 cm³/mol. The molecule has 7 heteroatoms. The lowest BCUT2D eigenvalue weighted by Crippen LogP contribution is -2.33. The van der Waals surface area contributed by atoms with Gasteiger partial charge in [-0.1, -0.05) is 33.8 Å². The van der Waals surface area contributed by atoms with Crippen LogP contribution < -0.4 is 16.0 Å². The SMILES string of the molecule is NC(=O)c1ccc(C#CCNC(=O)C2CC(=O)N(c3cccc(Br)c3)C2)cc1. The second-order valence-corrected chi connectivity index (χ2v) is 7.26. The molecule has 142 valence electrons. The zero-order chi connectivity index (χ0) is 20.1. The summed E-state index contributed by atoms with van der Waals surface area (Å²) in [6.45, 7) is 0.529. The van der Waals surface area contributed by atoms with E-state index in [9.17, 15) is 14.4 Å². The highest BCUT2D eigenvalue weighted by atomic mass is 79.9. The van der Waals surface area contributed by atoms with Gasteiger partial charge in [-0.05, 0) is 42.5 Å². The molecule has 1 aliphatic rings. The maximum absolute atomic E-state index is 12.3. The number of carbonyl (C=O) groups excluding carboxylic acids is 3. The molecule has 3 N–H and O–H groups in total. The summed E-state index contributed by atoms with van der Waals surface area (Å²) in [6, 6.07) is 14.0. The first-order valence-corrected chi connectivity index (χ1v) is 9.46. The zero-order valence-corrected chi connectivity index (χ0v) is 16.5. The smallest absolute Gasteiger partial charge is 0.248 e. The Hall–Kier alpha value is -3.11. The third-order valence-electron chi connectivity index (χ3n) is 4.37. The molecule has 1 heterocycles. The molecule has 0 bridgehead atoms. The number of anilines is 1. The number of nitrogens with zero attached hydrogens (tertiary/aromatic N) is 1. The number of primary amides is 1. The first-order valence-electron chi connectivity index (χ1n) is 8.66. The van der Waals surface area contributed by atoms with E-state index >= 15 is 0 Å². The first kappa shape index (κ1) is 19.6. The molecule has 1 fully saturated rings. The van der Waals surface area contributed by atoms with Gasteiger partial charge in [0.15, 0.2) is 0 Å². The molecule has 0 aromatic heterocycles. The van der Waals surface area contributed by atoms with Gasteiger partial charge in [-0.25, -0.2) is 0 Å². The highest BCUT2D eigenvalue weighted by molar-refractivity contribution is 9.10. The lowest BCUT2D eigenvalue weighted by Gasteiger charge is -2.16. The third kappa shape index (κ3) is 4.78. The minimum absolute atomic E-state index is 0.0705. The summed E-state index contributed by atoms with van der Waals surface area (Å²) in [4.78, 5) is 37.3. The summed E-state index contributed by atoms with van der Waals surface area (Å²) in [6.07, 6.45) is 0.181. The Bertz CT molecular complexity index is 976. The highest BCUT2D eigenvalue weighted by Crippen LogP contribution is 2.27. The number of rotatable bonds is 4. The average Bonchev–Trinajstić information content (AvgIpc) is 3.07. The fraction of sp³-hybridized carbons (Fsp3) is 0.190. The first-order chi connectivity index (χ1) is 13.4. The van der Waals surface area contributed by atoms with Crippen LogP contribution in [0.5, 0.6) is 0 Å². The fourth-order valence-corrected chi connectivity index (χ4v) is 3.30. The largest absolute Gasteiger partial charge is 0.366 e. The predicted octanol–water partition coefficient (Wildman–Crippen LogP) is 2.07. The Morgan fingerprint density at radius 1 is 1.21 bits per heavy atom. The van der Waals surface area contributed by atoms with Gasteiger partial charge in [0, 0.05) is 34.3 Å². The van der Waals surface area contributed by atoms with Crippen molar-refractivity contribution in [3.8, 4) is 11.8 Å². The second kappa shape index (κ2) is 8.72. The molecule has 1 aliphatic heterocycles. The van der Waals surface area contributed by atoms with Crippen molar-refractivity contribution >= 4 is 39.3 Å². The topological polar surface area (TPSA) is 92.5 Å². The van der Waals surface area contributed by atoms with Crippen LogP contribution in [-0.4, -0.2) is 30.8 Å². The third-order valence-corrected chi connectivity index (χ3v) is 4.86. The van der Waals surface area contributed by atoms with Gasteiger partial charge >= 0.3 is 0 Å². The summed E-state index contributed by atoms with van der Waals surface area (Å²) < 4.78 is 0.879. The van der Waals surface area contributed by atoms with Crippen LogP contribution >= 0.6 is 15.9 Å². The van der Waals surface area contributed by atoms with Crippen molar-refractivity contribution in [3.05, 3.63) is 64.1 Å². The number of halogens is 1. The number of amides is 3. The fourth-order valence-electron chi connectivity index (χ4n) is 2.92. The monoisotopic (exact) mass is 439 g/mol. The van der Waals surface area contributed by atoms with Crippen LogP contribution in [0, 0.1) is 17.8 Å². The van der Waals surface area contributed by atoms with Gasteiger partial charge in [-0.3, -0.25) is 14.4 Å². The van der Waals surface area contributed by atoms with Gasteiger partial charge in [0.05, 0.1) is 12.5 Å². The van der Waals surface area contributed by atoms with E-state index in [4.69, 9.17) is 5.73 Å². The van der Waals surface area contributed by atoms with Crippen molar-refractivity contribution in [1.29, 1.82) is 0 Å². The Kier molecular flexibility index (Phi) is 6.12. The van der Waals surface area contributed by atoms with E-state index in [-0.39, 0.29) is 24.8 Å². The summed E-state index contributed by atoms with van der Waals surface area (Å²) in [7, 11) is 0. The molecule has 2 aromatic carbocycles. The lowest BCUT2D eigenvalue weighted by molar-refractivity contribution is -0.126. The molecule has 6 nitrogen and oxygen atoms in total. The molecular weight excluding hydrogens is 422 g/mol. The van der Waals surface area contributed by atoms with Crippen molar-refractivity contribution < 1.29 is 14.4 Å². The molecule has 1 unspecified atom stereocenters. The van der Waals surface area contributed by atoms with E-state index < -0.39 is 11.8 Å². The van der Waals surface area contributed by atoms with Crippen molar-refractivity contribution in [2.75, 3.05) is 18.0 Å². The van der Waals surface area contributed by atoms with Gasteiger partial charge in [0.2, 0.25) is 17.7 Å². The summed E-state index contributed by atoms with van der Waals surface area (Å²) >= 11 is 3.39. The van der Waals surface area contributed by atoms with Crippen LogP contribution in [0.25, 0.3) is 0 Å². The van der Waals surface area contributed by atoms with E-state index in [0.29, 0.717) is 12.1 Å². The Labute approximate surface area is 171 Å². The van der Waals surface area contributed by atoms with Gasteiger partial charge in [-0.2, -0.15) is 0 Å². The molecule has 0 aliphatic carbocycles. The zero-order valence-electron chi connectivity index (χ0n) is 14.9. The molecule has 3 amide bonds. The minimum atomic E-state index is -0.491. The number of nitrogens with one attached hydrogen (secondary N) is 1. The summed E-state index contributed by atoms with van der Waals surface area (Å²) in [5.41, 5.74) is 7.10. The lowest BCUT2D eigenvalue weighted by atomic mass is 10.1. The molecular formula is C21H18BrN3O3. The van der Waals surface area contributed by atoms with Crippen molar-refractivity contribution in [2.24, 2.45) is 11.7 Å². The molecule has 0 radical (unpaired) electrons. The van der Waals surface area contributed by atoms with E-state index in [2.05, 4.69) is 33.1 Å². The number of nitrogens with two attached hydrogens (primary N) is 1. The molecule has 28 heavy (non-hydrogen) atoms. The summed E-state index contributed by atoms with van der Waals surface area (Å²) in [5.74, 6) is 4.62. The Balaban J connectivity index is 1.53. The van der Waals surface area contributed by atoms with E-state index in [0.717, 1.165) is 15.7 Å². The molecule has 0 saturated carbocycles. The van der Waals surface area contributed by atoms with Gasteiger partial charge in [0.1, 0.15) is 0 Å². The maximum Gasteiger partial charge on any atom is 0.248 e. The van der Waals surface area contributed by atoms with Gasteiger partial charge in [0.25, 0.3) is 0 Å². The van der Waals surface area contributed by atoms with Crippen molar-refractivity contribution in [2.45, 2.75) is 6.42 Å². The molecule has 1 atom stereocenters. The van der Waals surface area contributed by atoms with Crippen LogP contribution in [0.2, 0.25) is 0 Å². The van der Waals surface area contributed by atoms with Crippen LogP contribution in [0.4, 0.5) is 5.69 Å². The number of benzene rings is 2. The van der Waals surface area contributed by atoms with Crippen molar-refractivity contribution in [1.82, 2.24) is 5.32 Å². The second-order valence-electron chi connectivity index (χ2n) is 6.35. The van der Waals surface area contributed by atoms with E-state index in [1.807, 2.05) is 24.3 Å². The molecule has 2 aromatic rings. The van der Waals surface area contributed by atoms with E-state index in [1.54, 1.807) is 29.2 Å². The number of carbonyl (C=O) groups is 3. The number of hydrogen-bond donors (Lipinski definition) is 2. The number of hydrogen-bond acceptors (Lipinski definition) is 3. The molecule has 0 spiro atoms. The average molecular weight is 440 g/mol. The van der Waals surface area contributed by atoms with Crippen LogP contribution in [0.15, 0.2) is 53.0 Å². The maximum atomic E-state index is 12.3.